The minimum Gasteiger partial charge on any atom is -0.337 e. The van der Waals surface area contributed by atoms with E-state index >= 15 is 0 Å². The Balaban J connectivity index is 0. The van der Waals surface area contributed by atoms with Crippen LogP contribution in [0.2, 0.25) is 0 Å². The molecule has 0 heterocycles. The van der Waals surface area contributed by atoms with Crippen LogP contribution in [-0.2, 0) is 6.54 Å². The summed E-state index contributed by atoms with van der Waals surface area (Å²) in [6.07, 6.45) is 5.54. The largest absolute Gasteiger partial charge is 1.00 e. The average molecular weight is 199 g/mol. The summed E-state index contributed by atoms with van der Waals surface area (Å²) in [6, 6.07) is 10.6. The number of hydrogen-bond acceptors (Lipinski definition) is 1. The molecule has 15 heavy (non-hydrogen) atoms. The smallest absolute Gasteiger partial charge is 0.337 e. The fourth-order valence-electron chi connectivity index (χ4n) is 1.06. The molecular weight excluding hydrogens is 177 g/mol. The van der Waals surface area contributed by atoms with Gasteiger partial charge in [-0.25, -0.2) is 0 Å². The molecule has 0 atom stereocenters. The number of unbranched alkanes of at least 4 members (excludes halogenated alkanes) is 3. The standard InChI is InChI=1S/C7H8N.C6H14.Li/c8-6-7-4-2-1-3-5-7;1-3-5-6-4-2;/h1-2,4-5H,6,8H2;3-6H2,1-2H3;/q-1;;+1. The molecule has 0 amide bonds. The van der Waals surface area contributed by atoms with E-state index < -0.39 is 0 Å². The Morgan fingerprint density at radius 2 is 1.80 bits per heavy atom. The SMILES string of the molecule is CCCCCC.NCc1c[c-]ccc1.[Li+]. The van der Waals surface area contributed by atoms with E-state index in [1.165, 1.54) is 25.7 Å². The van der Waals surface area contributed by atoms with Crippen LogP contribution in [-0.4, -0.2) is 0 Å². The Hall–Kier alpha value is -0.223. The van der Waals surface area contributed by atoms with Gasteiger partial charge in [-0.2, -0.15) is 30.3 Å². The van der Waals surface area contributed by atoms with Crippen LogP contribution < -0.4 is 24.6 Å². The minimum atomic E-state index is 0. The number of rotatable bonds is 4. The Labute approximate surface area is 107 Å². The molecule has 0 saturated carbocycles. The summed E-state index contributed by atoms with van der Waals surface area (Å²) in [5.74, 6) is 0. The monoisotopic (exact) mass is 199 g/mol. The second-order valence-electron chi connectivity index (χ2n) is 3.32. The third kappa shape index (κ3) is 11.7. The number of hydrogen-bond donors (Lipinski definition) is 1. The first-order chi connectivity index (χ1) is 6.85. The predicted molar refractivity (Wildman–Crippen MR) is 63.0 cm³/mol. The molecule has 0 aromatic heterocycles. The molecule has 0 aliphatic carbocycles. The van der Waals surface area contributed by atoms with Crippen molar-refractivity contribution >= 4 is 0 Å². The zero-order valence-electron chi connectivity index (χ0n) is 10.4. The molecule has 0 spiro atoms. The van der Waals surface area contributed by atoms with Gasteiger partial charge in [-0.3, -0.25) is 0 Å². The van der Waals surface area contributed by atoms with E-state index in [2.05, 4.69) is 19.9 Å². The zero-order valence-corrected chi connectivity index (χ0v) is 10.4. The van der Waals surface area contributed by atoms with Crippen molar-refractivity contribution in [2.75, 3.05) is 0 Å². The summed E-state index contributed by atoms with van der Waals surface area (Å²) in [7, 11) is 0. The van der Waals surface area contributed by atoms with Gasteiger partial charge in [-0.05, 0) is 6.54 Å². The van der Waals surface area contributed by atoms with Crippen molar-refractivity contribution in [3.8, 4) is 0 Å². The van der Waals surface area contributed by atoms with Gasteiger partial charge in [0.2, 0.25) is 0 Å². The molecule has 0 aliphatic heterocycles. The van der Waals surface area contributed by atoms with Crippen LogP contribution in [0.4, 0.5) is 0 Å². The first-order valence-corrected chi connectivity index (χ1v) is 5.50. The van der Waals surface area contributed by atoms with Crippen molar-refractivity contribution in [3.05, 3.63) is 35.9 Å². The van der Waals surface area contributed by atoms with Gasteiger partial charge >= 0.3 is 18.9 Å². The van der Waals surface area contributed by atoms with Gasteiger partial charge in [-0.15, -0.1) is 5.56 Å². The Morgan fingerprint density at radius 1 is 1.20 bits per heavy atom. The van der Waals surface area contributed by atoms with Crippen LogP contribution in [0, 0.1) is 6.07 Å². The van der Waals surface area contributed by atoms with Gasteiger partial charge in [0.1, 0.15) is 0 Å². The fraction of sp³-hybridized carbons (Fsp3) is 0.538. The van der Waals surface area contributed by atoms with Crippen molar-refractivity contribution in [3.63, 3.8) is 0 Å². The van der Waals surface area contributed by atoms with E-state index in [4.69, 9.17) is 5.73 Å². The van der Waals surface area contributed by atoms with E-state index in [9.17, 15) is 0 Å². The maximum atomic E-state index is 5.33. The molecule has 1 rings (SSSR count). The molecule has 0 aliphatic rings. The first kappa shape index (κ1) is 17.2. The summed E-state index contributed by atoms with van der Waals surface area (Å²) in [5.41, 5.74) is 6.46. The number of nitrogens with two attached hydrogens (primary N) is 1. The molecule has 0 bridgehead atoms. The summed E-state index contributed by atoms with van der Waals surface area (Å²) in [5, 5.41) is 0. The molecule has 1 aromatic rings. The van der Waals surface area contributed by atoms with Crippen molar-refractivity contribution < 1.29 is 18.9 Å². The molecular formula is C13H22LiN. The van der Waals surface area contributed by atoms with Gasteiger partial charge < -0.3 is 5.73 Å². The quantitative estimate of drug-likeness (QED) is 0.427. The Morgan fingerprint density at radius 3 is 2.07 bits per heavy atom. The van der Waals surface area contributed by atoms with E-state index in [1.54, 1.807) is 0 Å². The summed E-state index contributed by atoms with van der Waals surface area (Å²) >= 11 is 0. The third-order valence-electron chi connectivity index (χ3n) is 1.96. The normalized spacial score (nSPS) is 8.47. The van der Waals surface area contributed by atoms with Crippen LogP contribution in [0.15, 0.2) is 24.3 Å². The number of benzene rings is 1. The minimum absolute atomic E-state index is 0. The molecule has 0 unspecified atom stereocenters. The Bertz CT molecular complexity index is 195. The molecule has 2 heteroatoms. The second-order valence-corrected chi connectivity index (χ2v) is 3.32. The van der Waals surface area contributed by atoms with Gasteiger partial charge in [0.15, 0.2) is 0 Å². The fourth-order valence-corrected chi connectivity index (χ4v) is 1.06. The first-order valence-electron chi connectivity index (χ1n) is 5.50. The van der Waals surface area contributed by atoms with Crippen LogP contribution in [0.25, 0.3) is 0 Å². The molecule has 0 saturated heterocycles. The van der Waals surface area contributed by atoms with Crippen molar-refractivity contribution in [2.45, 2.75) is 46.1 Å². The Kier molecular flexibility index (Phi) is 15.8. The third-order valence-corrected chi connectivity index (χ3v) is 1.96. The molecule has 0 radical (unpaired) electrons. The van der Waals surface area contributed by atoms with E-state index in [0.717, 1.165) is 5.56 Å². The van der Waals surface area contributed by atoms with E-state index in [1.807, 2.05) is 24.3 Å². The van der Waals surface area contributed by atoms with Crippen LogP contribution >= 0.6 is 0 Å². The van der Waals surface area contributed by atoms with E-state index in [0.29, 0.717) is 6.54 Å². The van der Waals surface area contributed by atoms with Crippen LogP contribution in [0.5, 0.6) is 0 Å². The van der Waals surface area contributed by atoms with E-state index in [-0.39, 0.29) is 18.9 Å². The predicted octanol–water partition coefficient (Wildman–Crippen LogP) is 0.536. The van der Waals surface area contributed by atoms with Gasteiger partial charge in [0.25, 0.3) is 0 Å². The zero-order chi connectivity index (χ0) is 10.6. The summed E-state index contributed by atoms with van der Waals surface area (Å²) in [4.78, 5) is 0. The van der Waals surface area contributed by atoms with Gasteiger partial charge in [0, 0.05) is 0 Å². The van der Waals surface area contributed by atoms with Crippen molar-refractivity contribution in [1.29, 1.82) is 0 Å². The van der Waals surface area contributed by atoms with Crippen LogP contribution in [0.1, 0.15) is 45.1 Å². The molecule has 1 nitrogen and oxygen atoms in total. The van der Waals surface area contributed by atoms with Crippen molar-refractivity contribution in [1.82, 2.24) is 0 Å². The topological polar surface area (TPSA) is 26.0 Å². The van der Waals surface area contributed by atoms with Crippen LogP contribution in [0.3, 0.4) is 0 Å². The second kappa shape index (κ2) is 13.8. The molecule has 80 valence electrons. The average Bonchev–Trinajstić information content (AvgIpc) is 2.28. The van der Waals surface area contributed by atoms with Crippen molar-refractivity contribution in [2.24, 2.45) is 5.73 Å². The van der Waals surface area contributed by atoms with Gasteiger partial charge in [0.05, 0.1) is 0 Å². The maximum absolute atomic E-state index is 5.33. The maximum Gasteiger partial charge on any atom is 1.00 e. The molecule has 2 N–H and O–H groups in total. The molecule has 0 fully saturated rings. The molecule has 1 aromatic carbocycles. The summed E-state index contributed by atoms with van der Waals surface area (Å²) in [6.45, 7) is 5.07. The van der Waals surface area contributed by atoms with Gasteiger partial charge in [-0.1, -0.05) is 39.5 Å². The summed E-state index contributed by atoms with van der Waals surface area (Å²) < 4.78 is 0.